The van der Waals surface area contributed by atoms with Crippen LogP contribution in [0.1, 0.15) is 6.92 Å². The first-order valence-corrected chi connectivity index (χ1v) is 5.95. The number of benzene rings is 1. The molecule has 0 amide bonds. The number of nitrogens with zero attached hydrogens (tertiary/aromatic N) is 1. The third kappa shape index (κ3) is 2.22. The van der Waals surface area contributed by atoms with Gasteiger partial charge in [-0.15, -0.1) is 0 Å². The molecule has 4 heteroatoms. The van der Waals surface area contributed by atoms with Gasteiger partial charge in [0.25, 0.3) is 0 Å². The number of aromatic nitrogens is 1. The summed E-state index contributed by atoms with van der Waals surface area (Å²) in [6.07, 6.45) is 3.53. The molecule has 15 heavy (non-hydrogen) atoms. The quantitative estimate of drug-likeness (QED) is 0.858. The molecule has 0 radical (unpaired) electrons. The van der Waals surface area contributed by atoms with Crippen LogP contribution in [0.25, 0.3) is 10.8 Å². The minimum Gasteiger partial charge on any atom is -0.264 e. The lowest BCUT2D eigenvalue weighted by Gasteiger charge is -2.03. The fourth-order valence-corrected chi connectivity index (χ4v) is 2.25. The normalized spacial score (nSPS) is 12.9. The molecular weight excluding hydrogens is 208 g/mol. The van der Waals surface area contributed by atoms with Gasteiger partial charge in [0, 0.05) is 24.3 Å². The predicted molar refractivity (Wildman–Crippen MR) is 61.8 cm³/mol. The summed E-state index contributed by atoms with van der Waals surface area (Å²) in [5.41, 5.74) is 0. The van der Waals surface area contributed by atoms with Crippen LogP contribution in [-0.4, -0.2) is 15.7 Å². The first-order valence-electron chi connectivity index (χ1n) is 4.80. The highest BCUT2D eigenvalue weighted by atomic mass is 32.2. The molecule has 0 saturated carbocycles. The Hall–Kier alpha value is -1.26. The van der Waals surface area contributed by atoms with E-state index in [1.807, 2.05) is 31.2 Å². The van der Waals surface area contributed by atoms with Crippen molar-refractivity contribution in [1.29, 1.82) is 0 Å². The maximum absolute atomic E-state index is 11.7. The maximum Gasteiger partial charge on any atom is 0.124 e. The molecule has 78 valence electrons. The Balaban J connectivity index is 2.42. The molecule has 1 atom stereocenters. The van der Waals surface area contributed by atoms with Gasteiger partial charge in [0.2, 0.25) is 0 Å². The average molecular weight is 220 g/mol. The lowest BCUT2D eigenvalue weighted by Crippen LogP contribution is -2.16. The van der Waals surface area contributed by atoms with Crippen LogP contribution in [0.4, 0.5) is 0 Å². The number of hydrogen-bond acceptors (Lipinski definition) is 2. The second kappa shape index (κ2) is 4.51. The molecular formula is C11H12N2OS. The monoisotopic (exact) mass is 220 g/mol. The Kier molecular flexibility index (Phi) is 3.08. The third-order valence-electron chi connectivity index (χ3n) is 2.10. The van der Waals surface area contributed by atoms with Gasteiger partial charge >= 0.3 is 0 Å². The molecule has 0 aliphatic heterocycles. The van der Waals surface area contributed by atoms with Gasteiger partial charge in [-0.05, 0) is 23.6 Å². The first kappa shape index (κ1) is 10.3. The van der Waals surface area contributed by atoms with Gasteiger partial charge in [-0.3, -0.25) is 4.98 Å². The van der Waals surface area contributed by atoms with E-state index in [-0.39, 0.29) is 0 Å². The van der Waals surface area contributed by atoms with Crippen molar-refractivity contribution in [2.45, 2.75) is 11.8 Å². The summed E-state index contributed by atoms with van der Waals surface area (Å²) in [5.74, 6) is 0. The molecule has 0 fully saturated rings. The summed E-state index contributed by atoms with van der Waals surface area (Å²) < 4.78 is 14.5. The Morgan fingerprint density at radius 1 is 1.33 bits per heavy atom. The minimum atomic E-state index is -1.12. The molecule has 0 aliphatic carbocycles. The Bertz CT molecular complexity index is 499. The maximum atomic E-state index is 11.7. The van der Waals surface area contributed by atoms with Crippen LogP contribution < -0.4 is 4.72 Å². The molecule has 1 aromatic carbocycles. The van der Waals surface area contributed by atoms with Gasteiger partial charge < -0.3 is 0 Å². The van der Waals surface area contributed by atoms with Gasteiger partial charge in [-0.1, -0.05) is 13.0 Å². The zero-order chi connectivity index (χ0) is 10.7. The van der Waals surface area contributed by atoms with Gasteiger partial charge in [0.1, 0.15) is 11.0 Å². The summed E-state index contributed by atoms with van der Waals surface area (Å²) in [6, 6.07) is 7.68. The van der Waals surface area contributed by atoms with Crippen molar-refractivity contribution in [3.8, 4) is 0 Å². The van der Waals surface area contributed by atoms with Crippen LogP contribution in [0.3, 0.4) is 0 Å². The van der Waals surface area contributed by atoms with Crippen molar-refractivity contribution < 1.29 is 4.21 Å². The summed E-state index contributed by atoms with van der Waals surface area (Å²) in [5, 5.41) is 2.13. The SMILES string of the molecule is CCNS(=O)c1ccc2ccncc2c1. The summed E-state index contributed by atoms with van der Waals surface area (Å²) in [6.45, 7) is 2.62. The van der Waals surface area contributed by atoms with Crippen LogP contribution in [0, 0.1) is 0 Å². The number of fused-ring (bicyclic) bond motifs is 1. The molecule has 0 saturated heterocycles. The minimum absolute atomic E-state index is 0.692. The highest BCUT2D eigenvalue weighted by molar-refractivity contribution is 7.83. The van der Waals surface area contributed by atoms with E-state index in [0.29, 0.717) is 6.54 Å². The van der Waals surface area contributed by atoms with E-state index >= 15 is 0 Å². The summed E-state index contributed by atoms with van der Waals surface area (Å²) in [7, 11) is -1.12. The van der Waals surface area contributed by atoms with Crippen LogP contribution in [-0.2, 0) is 11.0 Å². The van der Waals surface area contributed by atoms with E-state index in [4.69, 9.17) is 0 Å². The average Bonchev–Trinajstić information content (AvgIpc) is 2.29. The molecule has 2 rings (SSSR count). The summed E-state index contributed by atoms with van der Waals surface area (Å²) in [4.78, 5) is 4.83. The lowest BCUT2D eigenvalue weighted by molar-refractivity contribution is 0.674. The molecule has 1 N–H and O–H groups in total. The summed E-state index contributed by atoms with van der Waals surface area (Å²) >= 11 is 0. The van der Waals surface area contributed by atoms with Crippen molar-refractivity contribution in [3.63, 3.8) is 0 Å². The molecule has 1 unspecified atom stereocenters. The van der Waals surface area contributed by atoms with Crippen LogP contribution in [0.15, 0.2) is 41.6 Å². The van der Waals surface area contributed by atoms with Crippen molar-refractivity contribution in [2.75, 3.05) is 6.54 Å². The topological polar surface area (TPSA) is 42.0 Å². The fourth-order valence-electron chi connectivity index (χ4n) is 1.39. The van der Waals surface area contributed by atoms with Gasteiger partial charge in [0.15, 0.2) is 0 Å². The highest BCUT2D eigenvalue weighted by Gasteiger charge is 2.02. The van der Waals surface area contributed by atoms with Gasteiger partial charge in [0.05, 0.1) is 4.90 Å². The molecule has 0 bridgehead atoms. The molecule has 1 heterocycles. The zero-order valence-electron chi connectivity index (χ0n) is 8.43. The number of rotatable bonds is 3. The molecule has 1 aromatic heterocycles. The standard InChI is InChI=1S/C11H12N2OS/c1-2-13-15(14)11-4-3-9-5-6-12-8-10(9)7-11/h3-8,13H,2H2,1H3. The largest absolute Gasteiger partial charge is 0.264 e. The van der Waals surface area contributed by atoms with E-state index in [9.17, 15) is 4.21 Å². The third-order valence-corrected chi connectivity index (χ3v) is 3.33. The van der Waals surface area contributed by atoms with E-state index in [0.717, 1.165) is 15.7 Å². The van der Waals surface area contributed by atoms with Crippen molar-refractivity contribution in [3.05, 3.63) is 36.7 Å². The van der Waals surface area contributed by atoms with E-state index < -0.39 is 11.0 Å². The zero-order valence-corrected chi connectivity index (χ0v) is 9.25. The van der Waals surface area contributed by atoms with E-state index in [1.54, 1.807) is 12.4 Å². The van der Waals surface area contributed by atoms with Gasteiger partial charge in [-0.2, -0.15) is 0 Å². The Labute approximate surface area is 91.1 Å². The Morgan fingerprint density at radius 3 is 3.00 bits per heavy atom. The highest BCUT2D eigenvalue weighted by Crippen LogP contribution is 2.16. The van der Waals surface area contributed by atoms with Gasteiger partial charge in [-0.25, -0.2) is 8.93 Å². The molecule has 2 aromatic rings. The lowest BCUT2D eigenvalue weighted by atomic mass is 10.2. The number of hydrogen-bond donors (Lipinski definition) is 1. The molecule has 3 nitrogen and oxygen atoms in total. The van der Waals surface area contributed by atoms with Crippen LogP contribution >= 0.6 is 0 Å². The van der Waals surface area contributed by atoms with Crippen LogP contribution in [0.5, 0.6) is 0 Å². The molecule has 0 spiro atoms. The molecule has 0 aliphatic rings. The predicted octanol–water partition coefficient (Wildman–Crippen LogP) is 1.87. The Morgan fingerprint density at radius 2 is 2.20 bits per heavy atom. The van der Waals surface area contributed by atoms with E-state index in [1.165, 1.54) is 0 Å². The van der Waals surface area contributed by atoms with Crippen molar-refractivity contribution in [2.24, 2.45) is 0 Å². The number of pyridine rings is 1. The fraction of sp³-hybridized carbons (Fsp3) is 0.182. The van der Waals surface area contributed by atoms with E-state index in [2.05, 4.69) is 9.71 Å². The number of nitrogens with one attached hydrogen (secondary N) is 1. The van der Waals surface area contributed by atoms with Crippen LogP contribution in [0.2, 0.25) is 0 Å². The van der Waals surface area contributed by atoms with Crippen molar-refractivity contribution in [1.82, 2.24) is 9.71 Å². The second-order valence-electron chi connectivity index (χ2n) is 3.15. The smallest absolute Gasteiger partial charge is 0.124 e. The van der Waals surface area contributed by atoms with Crippen molar-refractivity contribution >= 4 is 21.8 Å². The first-order chi connectivity index (χ1) is 7.31. The second-order valence-corrected chi connectivity index (χ2v) is 4.45.